The van der Waals surface area contributed by atoms with Crippen molar-refractivity contribution >= 4 is 29.1 Å². The lowest BCUT2D eigenvalue weighted by atomic mass is 9.93. The molecule has 0 aromatic heterocycles. The minimum atomic E-state index is -0.903. The number of nitrogens with zero attached hydrogens (tertiary/aromatic N) is 1. The number of carbonyl (C=O) groups is 3. The van der Waals surface area contributed by atoms with Crippen molar-refractivity contribution in [2.45, 2.75) is 39.8 Å². The van der Waals surface area contributed by atoms with Gasteiger partial charge in [0.15, 0.2) is 0 Å². The van der Waals surface area contributed by atoms with Gasteiger partial charge in [-0.3, -0.25) is 14.5 Å². The summed E-state index contributed by atoms with van der Waals surface area (Å²) in [5, 5.41) is 11.5. The van der Waals surface area contributed by atoms with E-state index in [-0.39, 0.29) is 23.0 Å². The first-order chi connectivity index (χ1) is 17.6. The zero-order chi connectivity index (χ0) is 26.9. The summed E-state index contributed by atoms with van der Waals surface area (Å²) in [5.74, 6) is -1.76. The molecular formula is C30H29NO6. The van der Waals surface area contributed by atoms with Crippen molar-refractivity contribution in [2.75, 3.05) is 12.0 Å². The number of ether oxygens (including phenoxy) is 2. The SMILES string of the molecule is COc1cc(C)c(/C(O)=C2\C(=O)C(=O)N(c3cccc(C(=O)OC(C)C)c3)C2c2ccccc2)cc1C. The van der Waals surface area contributed by atoms with Crippen LogP contribution in [0, 0.1) is 13.8 Å². The number of rotatable bonds is 6. The number of carbonyl (C=O) groups excluding carboxylic acids is 3. The van der Waals surface area contributed by atoms with Gasteiger partial charge in [-0.05, 0) is 74.7 Å². The summed E-state index contributed by atoms with van der Waals surface area (Å²) in [5.41, 5.74) is 3.11. The fourth-order valence-electron chi connectivity index (χ4n) is 4.52. The Hall–Kier alpha value is -4.39. The van der Waals surface area contributed by atoms with Gasteiger partial charge in [-0.1, -0.05) is 36.4 Å². The molecule has 4 rings (SSSR count). The molecule has 0 bridgehead atoms. The molecule has 0 aliphatic carbocycles. The second-order valence-corrected chi connectivity index (χ2v) is 9.22. The molecule has 0 saturated carbocycles. The summed E-state index contributed by atoms with van der Waals surface area (Å²) in [6, 6.07) is 18.0. The van der Waals surface area contributed by atoms with Crippen molar-refractivity contribution in [1.82, 2.24) is 0 Å². The van der Waals surface area contributed by atoms with Gasteiger partial charge in [0.05, 0.1) is 30.4 Å². The van der Waals surface area contributed by atoms with Gasteiger partial charge >= 0.3 is 5.97 Å². The van der Waals surface area contributed by atoms with E-state index in [0.29, 0.717) is 28.1 Å². The molecule has 0 spiro atoms. The standard InChI is InChI=1S/C30H29NO6/c1-17(2)37-30(35)21-12-9-13-22(16-21)31-26(20-10-7-6-8-11-20)25(28(33)29(31)34)27(32)23-14-19(4)24(36-5)15-18(23)3/h6-17,26,32H,1-5H3/b27-25+. The van der Waals surface area contributed by atoms with Crippen LogP contribution < -0.4 is 9.64 Å². The monoisotopic (exact) mass is 499 g/mol. The third-order valence-electron chi connectivity index (χ3n) is 6.26. The average molecular weight is 500 g/mol. The van der Waals surface area contributed by atoms with Crippen molar-refractivity contribution in [3.05, 3.63) is 100 Å². The smallest absolute Gasteiger partial charge is 0.338 e. The van der Waals surface area contributed by atoms with Crippen molar-refractivity contribution in [1.29, 1.82) is 0 Å². The summed E-state index contributed by atoms with van der Waals surface area (Å²) < 4.78 is 10.7. The van der Waals surface area contributed by atoms with Crippen LogP contribution in [0.25, 0.3) is 5.76 Å². The maximum atomic E-state index is 13.4. The van der Waals surface area contributed by atoms with Crippen LogP contribution in [0.1, 0.15) is 52.5 Å². The molecule has 0 radical (unpaired) electrons. The summed E-state index contributed by atoms with van der Waals surface area (Å²) in [7, 11) is 1.56. The fraction of sp³-hybridized carbons (Fsp3) is 0.233. The quantitative estimate of drug-likeness (QED) is 0.208. The number of anilines is 1. The molecule has 1 atom stereocenters. The number of esters is 1. The highest BCUT2D eigenvalue weighted by Gasteiger charge is 2.47. The molecule has 190 valence electrons. The minimum absolute atomic E-state index is 0.0287. The van der Waals surface area contributed by atoms with Crippen LogP contribution >= 0.6 is 0 Å². The normalized spacial score (nSPS) is 16.8. The van der Waals surface area contributed by atoms with Crippen molar-refractivity contribution in [2.24, 2.45) is 0 Å². The van der Waals surface area contributed by atoms with Gasteiger partial charge < -0.3 is 14.6 Å². The first kappa shape index (κ1) is 25.7. The Balaban J connectivity index is 1.91. The largest absolute Gasteiger partial charge is 0.507 e. The van der Waals surface area contributed by atoms with Gasteiger partial charge in [0.1, 0.15) is 11.5 Å². The maximum absolute atomic E-state index is 13.4. The van der Waals surface area contributed by atoms with Gasteiger partial charge in [0.2, 0.25) is 0 Å². The van der Waals surface area contributed by atoms with Crippen molar-refractivity contribution in [3.8, 4) is 5.75 Å². The molecule has 3 aromatic rings. The summed E-state index contributed by atoms with van der Waals surface area (Å²) in [6.45, 7) is 7.13. The zero-order valence-corrected chi connectivity index (χ0v) is 21.4. The van der Waals surface area contributed by atoms with E-state index in [1.165, 1.54) is 11.0 Å². The predicted octanol–water partition coefficient (Wildman–Crippen LogP) is 5.50. The molecule has 1 aliphatic rings. The number of aliphatic hydroxyl groups excluding tert-OH is 1. The molecule has 1 amide bonds. The van der Waals surface area contributed by atoms with E-state index >= 15 is 0 Å². The predicted molar refractivity (Wildman–Crippen MR) is 141 cm³/mol. The van der Waals surface area contributed by atoms with Crippen LogP contribution in [-0.4, -0.2) is 36.0 Å². The van der Waals surface area contributed by atoms with Crippen LogP contribution in [-0.2, 0) is 14.3 Å². The first-order valence-corrected chi connectivity index (χ1v) is 12.0. The van der Waals surface area contributed by atoms with E-state index in [2.05, 4.69) is 0 Å². The van der Waals surface area contributed by atoms with Crippen LogP contribution in [0.2, 0.25) is 0 Å². The van der Waals surface area contributed by atoms with Crippen LogP contribution in [0.4, 0.5) is 5.69 Å². The molecule has 1 saturated heterocycles. The van der Waals surface area contributed by atoms with E-state index < -0.39 is 23.7 Å². The molecule has 1 heterocycles. The van der Waals surface area contributed by atoms with Gasteiger partial charge in [0.25, 0.3) is 11.7 Å². The third-order valence-corrected chi connectivity index (χ3v) is 6.26. The van der Waals surface area contributed by atoms with Crippen LogP contribution in [0.15, 0.2) is 72.3 Å². The van der Waals surface area contributed by atoms with Gasteiger partial charge in [-0.25, -0.2) is 4.79 Å². The van der Waals surface area contributed by atoms with E-state index in [4.69, 9.17) is 9.47 Å². The van der Waals surface area contributed by atoms with Crippen LogP contribution in [0.5, 0.6) is 5.75 Å². The molecule has 3 aromatic carbocycles. The highest BCUT2D eigenvalue weighted by Crippen LogP contribution is 2.43. The second kappa shape index (κ2) is 10.3. The minimum Gasteiger partial charge on any atom is -0.507 e. The number of aryl methyl sites for hydroxylation is 2. The van der Waals surface area contributed by atoms with E-state index in [9.17, 15) is 19.5 Å². The molecule has 1 aliphatic heterocycles. The highest BCUT2D eigenvalue weighted by molar-refractivity contribution is 6.51. The Morgan fingerprint density at radius 3 is 2.30 bits per heavy atom. The Morgan fingerprint density at radius 2 is 1.65 bits per heavy atom. The lowest BCUT2D eigenvalue weighted by molar-refractivity contribution is -0.132. The molecule has 1 unspecified atom stereocenters. The summed E-state index contributed by atoms with van der Waals surface area (Å²) in [4.78, 5) is 40.8. The molecule has 7 heteroatoms. The lowest BCUT2D eigenvalue weighted by Gasteiger charge is -2.26. The van der Waals surface area contributed by atoms with E-state index in [1.807, 2.05) is 13.0 Å². The molecule has 7 nitrogen and oxygen atoms in total. The van der Waals surface area contributed by atoms with Gasteiger partial charge in [-0.2, -0.15) is 0 Å². The summed E-state index contributed by atoms with van der Waals surface area (Å²) >= 11 is 0. The van der Waals surface area contributed by atoms with Gasteiger partial charge in [0, 0.05) is 11.3 Å². The molecule has 1 fully saturated rings. The van der Waals surface area contributed by atoms with Crippen molar-refractivity contribution < 1.29 is 29.0 Å². The number of ketones is 1. The number of hydrogen-bond donors (Lipinski definition) is 1. The molecular weight excluding hydrogens is 470 g/mol. The maximum Gasteiger partial charge on any atom is 0.338 e. The number of methoxy groups -OCH3 is 1. The number of aliphatic hydroxyl groups is 1. The Labute approximate surface area is 215 Å². The number of amides is 1. The molecule has 37 heavy (non-hydrogen) atoms. The Kier molecular flexibility index (Phi) is 7.16. The van der Waals surface area contributed by atoms with E-state index in [0.717, 1.165) is 5.56 Å². The Morgan fingerprint density at radius 1 is 0.946 bits per heavy atom. The first-order valence-electron chi connectivity index (χ1n) is 12.0. The average Bonchev–Trinajstić information content (AvgIpc) is 3.15. The molecule has 1 N–H and O–H groups in total. The van der Waals surface area contributed by atoms with Gasteiger partial charge in [-0.15, -0.1) is 0 Å². The van der Waals surface area contributed by atoms with Crippen LogP contribution in [0.3, 0.4) is 0 Å². The topological polar surface area (TPSA) is 93.1 Å². The lowest BCUT2D eigenvalue weighted by Crippen LogP contribution is -2.29. The Bertz CT molecular complexity index is 1410. The fourth-order valence-corrected chi connectivity index (χ4v) is 4.52. The number of benzene rings is 3. The highest BCUT2D eigenvalue weighted by atomic mass is 16.5. The zero-order valence-electron chi connectivity index (χ0n) is 21.4. The summed E-state index contributed by atoms with van der Waals surface area (Å²) in [6.07, 6.45) is -0.314. The van der Waals surface area contributed by atoms with Crippen molar-refractivity contribution in [3.63, 3.8) is 0 Å². The van der Waals surface area contributed by atoms with E-state index in [1.54, 1.807) is 82.5 Å². The number of Topliss-reactive ketones (excluding diaryl/α,β-unsaturated/α-hetero) is 1. The second-order valence-electron chi connectivity index (χ2n) is 9.22. The third kappa shape index (κ3) is 4.85. The number of hydrogen-bond acceptors (Lipinski definition) is 6.